The number of allylic oxidation sites excluding steroid dienone is 2. The summed E-state index contributed by atoms with van der Waals surface area (Å²) in [7, 11) is 4.13. The van der Waals surface area contributed by atoms with Crippen LogP contribution in [0, 0.1) is 17.8 Å². The Bertz CT molecular complexity index is 958. The second-order valence-corrected chi connectivity index (χ2v) is 22.2. The van der Waals surface area contributed by atoms with Crippen molar-refractivity contribution < 1.29 is 9.53 Å². The van der Waals surface area contributed by atoms with Crippen LogP contribution in [0.2, 0.25) is 0 Å². The molecule has 0 bridgehead atoms. The van der Waals surface area contributed by atoms with Crippen molar-refractivity contribution in [2.24, 2.45) is 17.8 Å². The lowest BCUT2D eigenvalue weighted by atomic mass is 9.83. The van der Waals surface area contributed by atoms with Crippen LogP contribution in [0.4, 0.5) is 0 Å². The van der Waals surface area contributed by atoms with E-state index < -0.39 is 0 Å². The van der Waals surface area contributed by atoms with Crippen molar-refractivity contribution in [3.8, 4) is 0 Å². The van der Waals surface area contributed by atoms with E-state index in [2.05, 4.69) is 59.7 Å². The maximum absolute atomic E-state index is 12.3. The zero-order valence-electron chi connectivity index (χ0n) is 46.2. The number of hydrogen-bond acceptors (Lipinski definition) is 3. The molecule has 0 amide bonds. The number of carbonyl (C=O) groups is 1. The molecule has 0 aliphatic rings. The number of nitrogens with zero attached hydrogens (tertiary/aromatic N) is 1. The van der Waals surface area contributed by atoms with E-state index in [1.54, 1.807) is 5.57 Å². The molecule has 0 aliphatic heterocycles. The van der Waals surface area contributed by atoms with Crippen molar-refractivity contribution in [1.29, 1.82) is 0 Å². The fraction of sp³-hybridized carbons (Fsp3) is 0.952. The van der Waals surface area contributed by atoms with Gasteiger partial charge in [0.05, 0.1) is 6.61 Å². The minimum Gasteiger partial charge on any atom is -0.465 e. The van der Waals surface area contributed by atoms with Gasteiger partial charge in [-0.25, -0.2) is 0 Å². The summed E-state index contributed by atoms with van der Waals surface area (Å²) in [5, 5.41) is 0. The van der Waals surface area contributed by atoms with Crippen LogP contribution in [0.5, 0.6) is 0 Å². The third-order valence-corrected chi connectivity index (χ3v) is 14.7. The SMILES string of the molecule is CCCCCCCCCCCCCCCCCCC(CCCCCCC/C=C(/CCCCCCCCCC)CCCCCCCCCCC)CC(C)CC(C)COC(=O)CCCN(C)C. The topological polar surface area (TPSA) is 29.5 Å². The molecule has 0 aromatic rings. The van der Waals surface area contributed by atoms with Crippen LogP contribution in [0.15, 0.2) is 11.6 Å². The molecule has 65 heavy (non-hydrogen) atoms. The Kier molecular flexibility index (Phi) is 51.9. The van der Waals surface area contributed by atoms with Gasteiger partial charge >= 0.3 is 5.97 Å². The Morgan fingerprint density at radius 3 is 1.15 bits per heavy atom. The Hall–Kier alpha value is -0.830. The highest BCUT2D eigenvalue weighted by Crippen LogP contribution is 2.29. The minimum absolute atomic E-state index is 0.0166. The first kappa shape index (κ1) is 64.2. The maximum atomic E-state index is 12.3. The third-order valence-electron chi connectivity index (χ3n) is 14.7. The molecule has 3 heteroatoms. The summed E-state index contributed by atoms with van der Waals surface area (Å²) in [6.45, 7) is 13.3. The lowest BCUT2D eigenvalue weighted by Gasteiger charge is -2.23. The number of ether oxygens (including phenoxy) is 1. The van der Waals surface area contributed by atoms with Crippen molar-refractivity contribution in [2.45, 2.75) is 336 Å². The standard InChI is InChI=1S/C62H123NO2/c1-8-11-14-17-20-23-24-25-26-27-28-29-31-34-40-45-51-61(56-58(4)55-59(5)57-65-62(64)53-47-54-63(6)7)52-46-41-36-35-39-44-50-60(48-42-37-32-22-19-16-13-10-3)49-43-38-33-30-21-18-15-12-9-2/h50,58-59,61H,8-49,51-57H2,1-7H3/b60-50-. The van der Waals surface area contributed by atoms with Crippen LogP contribution >= 0.6 is 0 Å². The van der Waals surface area contributed by atoms with Crippen LogP contribution in [-0.2, 0) is 9.53 Å². The van der Waals surface area contributed by atoms with Gasteiger partial charge in [-0.15, -0.1) is 0 Å². The molecule has 0 saturated heterocycles. The van der Waals surface area contributed by atoms with Crippen molar-refractivity contribution in [3.05, 3.63) is 11.6 Å². The van der Waals surface area contributed by atoms with E-state index in [1.165, 1.54) is 289 Å². The van der Waals surface area contributed by atoms with Gasteiger partial charge in [0.2, 0.25) is 0 Å². The Morgan fingerprint density at radius 2 is 0.769 bits per heavy atom. The smallest absolute Gasteiger partial charge is 0.305 e. The molecule has 3 nitrogen and oxygen atoms in total. The van der Waals surface area contributed by atoms with Gasteiger partial charge in [0.1, 0.15) is 0 Å². The van der Waals surface area contributed by atoms with E-state index in [-0.39, 0.29) is 5.97 Å². The Morgan fingerprint density at radius 1 is 0.415 bits per heavy atom. The second kappa shape index (κ2) is 52.5. The summed E-state index contributed by atoms with van der Waals surface area (Å²) in [4.78, 5) is 14.5. The van der Waals surface area contributed by atoms with E-state index in [1.807, 2.05) is 0 Å². The maximum Gasteiger partial charge on any atom is 0.305 e. The zero-order chi connectivity index (χ0) is 47.5. The first-order chi connectivity index (χ1) is 31.8. The number of esters is 1. The van der Waals surface area contributed by atoms with E-state index >= 15 is 0 Å². The number of unbranched alkanes of at least 4 members (excludes halogenated alkanes) is 35. The molecule has 3 unspecified atom stereocenters. The van der Waals surface area contributed by atoms with Gasteiger partial charge in [0.25, 0.3) is 0 Å². The average Bonchev–Trinajstić information content (AvgIpc) is 3.28. The average molecular weight is 915 g/mol. The predicted molar refractivity (Wildman–Crippen MR) is 293 cm³/mol. The molecule has 0 fully saturated rings. The monoisotopic (exact) mass is 914 g/mol. The Labute approximate surface area is 411 Å². The van der Waals surface area contributed by atoms with Crippen LogP contribution in [0.3, 0.4) is 0 Å². The molecule has 0 heterocycles. The summed E-state index contributed by atoms with van der Waals surface area (Å²) in [5.41, 5.74) is 1.80. The van der Waals surface area contributed by atoms with E-state index in [0.29, 0.717) is 24.9 Å². The van der Waals surface area contributed by atoms with E-state index in [0.717, 1.165) is 18.9 Å². The minimum atomic E-state index is -0.0166. The van der Waals surface area contributed by atoms with Gasteiger partial charge < -0.3 is 9.64 Å². The molecule has 0 rings (SSSR count). The normalized spacial score (nSPS) is 13.5. The summed E-state index contributed by atoms with van der Waals surface area (Å²) in [5.74, 6) is 1.99. The summed E-state index contributed by atoms with van der Waals surface area (Å²) >= 11 is 0. The van der Waals surface area contributed by atoms with Crippen LogP contribution < -0.4 is 0 Å². The fourth-order valence-electron chi connectivity index (χ4n) is 10.5. The van der Waals surface area contributed by atoms with Crippen molar-refractivity contribution in [3.63, 3.8) is 0 Å². The van der Waals surface area contributed by atoms with Crippen LogP contribution in [0.25, 0.3) is 0 Å². The highest BCUT2D eigenvalue weighted by atomic mass is 16.5. The summed E-state index contributed by atoms with van der Waals surface area (Å²) in [6.07, 6.45) is 68.0. The van der Waals surface area contributed by atoms with Crippen molar-refractivity contribution in [1.82, 2.24) is 4.90 Å². The van der Waals surface area contributed by atoms with E-state index in [9.17, 15) is 4.79 Å². The Balaban J connectivity index is 4.71. The predicted octanol–water partition coefficient (Wildman–Crippen LogP) is 21.3. The molecule has 388 valence electrons. The van der Waals surface area contributed by atoms with Gasteiger partial charge in [-0.05, 0) is 96.2 Å². The molecule has 3 atom stereocenters. The van der Waals surface area contributed by atoms with Gasteiger partial charge in [-0.2, -0.15) is 0 Å². The van der Waals surface area contributed by atoms with Crippen molar-refractivity contribution >= 4 is 5.97 Å². The van der Waals surface area contributed by atoms with Crippen molar-refractivity contribution in [2.75, 3.05) is 27.2 Å². The van der Waals surface area contributed by atoms with Crippen LogP contribution in [-0.4, -0.2) is 38.1 Å². The molecule has 0 aliphatic carbocycles. The number of carbonyl (C=O) groups excluding carboxylic acids is 1. The fourth-order valence-corrected chi connectivity index (χ4v) is 10.5. The van der Waals surface area contributed by atoms with Crippen LogP contribution in [0.1, 0.15) is 336 Å². The van der Waals surface area contributed by atoms with Gasteiger partial charge in [0.15, 0.2) is 0 Å². The lowest BCUT2D eigenvalue weighted by Crippen LogP contribution is -2.18. The first-order valence-corrected chi connectivity index (χ1v) is 30.3. The summed E-state index contributed by atoms with van der Waals surface area (Å²) < 4.78 is 5.71. The molecule has 0 aromatic carbocycles. The highest BCUT2D eigenvalue weighted by Gasteiger charge is 2.17. The molecular formula is C62H123NO2. The third kappa shape index (κ3) is 50.9. The highest BCUT2D eigenvalue weighted by molar-refractivity contribution is 5.69. The van der Waals surface area contributed by atoms with Gasteiger partial charge in [-0.3, -0.25) is 4.79 Å². The summed E-state index contributed by atoms with van der Waals surface area (Å²) in [6, 6.07) is 0. The molecular weight excluding hydrogens is 791 g/mol. The molecule has 0 saturated carbocycles. The quantitative estimate of drug-likeness (QED) is 0.0346. The zero-order valence-corrected chi connectivity index (χ0v) is 46.2. The number of rotatable bonds is 54. The second-order valence-electron chi connectivity index (χ2n) is 22.2. The van der Waals surface area contributed by atoms with E-state index in [4.69, 9.17) is 4.74 Å². The lowest BCUT2D eigenvalue weighted by molar-refractivity contribution is -0.145. The van der Waals surface area contributed by atoms with Gasteiger partial charge in [0, 0.05) is 6.42 Å². The molecule has 0 aromatic heterocycles. The molecule has 0 N–H and O–H groups in total. The molecule has 0 radical (unpaired) electrons. The molecule has 0 spiro atoms. The number of hydrogen-bond donors (Lipinski definition) is 0. The van der Waals surface area contributed by atoms with Gasteiger partial charge in [-0.1, -0.05) is 284 Å². The first-order valence-electron chi connectivity index (χ1n) is 30.3. The largest absolute Gasteiger partial charge is 0.465 e.